The summed E-state index contributed by atoms with van der Waals surface area (Å²) in [6, 6.07) is 14.2. The van der Waals surface area contributed by atoms with E-state index in [0.717, 1.165) is 31.1 Å². The number of para-hydroxylation sites is 1. The van der Waals surface area contributed by atoms with Crippen molar-refractivity contribution in [1.82, 2.24) is 4.90 Å². The molecule has 0 spiro atoms. The normalized spacial score (nSPS) is 14.9. The van der Waals surface area contributed by atoms with Crippen LogP contribution in [0.3, 0.4) is 0 Å². The van der Waals surface area contributed by atoms with Gasteiger partial charge in [0.1, 0.15) is 18.1 Å². The first-order valence-electron chi connectivity index (χ1n) is 7.12. The van der Waals surface area contributed by atoms with Crippen molar-refractivity contribution in [3.8, 4) is 11.5 Å². The van der Waals surface area contributed by atoms with Crippen LogP contribution in [0.4, 0.5) is 5.69 Å². The van der Waals surface area contributed by atoms with Crippen LogP contribution in [0.15, 0.2) is 42.5 Å². The zero-order valence-corrected chi connectivity index (χ0v) is 12.2. The second-order valence-corrected chi connectivity index (χ2v) is 5.24. The molecular formula is C17H20N2O2. The molecule has 3 rings (SSSR count). The maximum atomic E-state index is 5.98. The molecule has 0 fully saturated rings. The number of rotatable bonds is 3. The third-order valence-electron chi connectivity index (χ3n) is 3.73. The quantitative estimate of drug-likeness (QED) is 0.880. The zero-order chi connectivity index (χ0) is 14.7. The Balaban J connectivity index is 1.75. The molecule has 1 heterocycles. The van der Waals surface area contributed by atoms with Gasteiger partial charge in [0, 0.05) is 25.2 Å². The van der Waals surface area contributed by atoms with Crippen molar-refractivity contribution in [2.75, 3.05) is 26.0 Å². The Morgan fingerprint density at radius 3 is 2.90 bits per heavy atom. The highest BCUT2D eigenvalue weighted by atomic mass is 16.5. The largest absolute Gasteiger partial charge is 0.495 e. The predicted octanol–water partition coefficient (Wildman–Crippen LogP) is 2.67. The molecule has 2 aromatic carbocycles. The van der Waals surface area contributed by atoms with E-state index in [4.69, 9.17) is 15.2 Å². The molecule has 0 bridgehead atoms. The van der Waals surface area contributed by atoms with E-state index in [2.05, 4.69) is 23.1 Å². The van der Waals surface area contributed by atoms with Crippen LogP contribution in [0, 0.1) is 0 Å². The number of fused-ring (bicyclic) bond motifs is 1. The van der Waals surface area contributed by atoms with Crippen LogP contribution in [0.5, 0.6) is 11.5 Å². The summed E-state index contributed by atoms with van der Waals surface area (Å²) in [7, 11) is 1.63. The van der Waals surface area contributed by atoms with Crippen molar-refractivity contribution >= 4 is 5.69 Å². The molecule has 0 aromatic heterocycles. The van der Waals surface area contributed by atoms with Crippen LogP contribution in [0.1, 0.15) is 11.1 Å². The molecule has 0 saturated heterocycles. The Bertz CT molecular complexity index is 628. The molecule has 110 valence electrons. The lowest BCUT2D eigenvalue weighted by Crippen LogP contribution is -2.25. The van der Waals surface area contributed by atoms with Crippen molar-refractivity contribution < 1.29 is 9.47 Å². The second-order valence-electron chi connectivity index (χ2n) is 5.24. The van der Waals surface area contributed by atoms with Crippen LogP contribution in [-0.4, -0.2) is 25.2 Å². The third kappa shape index (κ3) is 3.11. The van der Waals surface area contributed by atoms with E-state index in [9.17, 15) is 0 Å². The monoisotopic (exact) mass is 284 g/mol. The molecule has 1 aliphatic heterocycles. The fourth-order valence-corrected chi connectivity index (χ4v) is 2.66. The summed E-state index contributed by atoms with van der Waals surface area (Å²) in [6.45, 7) is 3.36. The molecule has 2 aromatic rings. The first-order chi connectivity index (χ1) is 10.3. The first kappa shape index (κ1) is 13.8. The Morgan fingerprint density at radius 1 is 1.24 bits per heavy atom. The van der Waals surface area contributed by atoms with Gasteiger partial charge < -0.3 is 15.2 Å². The average Bonchev–Trinajstić information content (AvgIpc) is 2.69. The lowest BCUT2D eigenvalue weighted by Gasteiger charge is -2.20. The number of methoxy groups -OCH3 is 1. The number of nitrogen functional groups attached to an aromatic ring is 1. The minimum Gasteiger partial charge on any atom is -0.495 e. The van der Waals surface area contributed by atoms with E-state index >= 15 is 0 Å². The summed E-state index contributed by atoms with van der Waals surface area (Å²) in [6.07, 6.45) is 0. The number of anilines is 1. The average molecular weight is 284 g/mol. The summed E-state index contributed by atoms with van der Waals surface area (Å²) >= 11 is 0. The van der Waals surface area contributed by atoms with E-state index in [-0.39, 0.29) is 0 Å². The minimum absolute atomic E-state index is 0.682. The number of hydrogen-bond acceptors (Lipinski definition) is 4. The van der Waals surface area contributed by atoms with E-state index in [1.807, 2.05) is 24.3 Å². The van der Waals surface area contributed by atoms with Crippen molar-refractivity contribution in [2.45, 2.75) is 13.1 Å². The molecule has 1 aliphatic rings. The van der Waals surface area contributed by atoms with Gasteiger partial charge in [-0.1, -0.05) is 24.3 Å². The van der Waals surface area contributed by atoms with Gasteiger partial charge in [-0.2, -0.15) is 0 Å². The van der Waals surface area contributed by atoms with Crippen molar-refractivity contribution in [2.24, 2.45) is 0 Å². The van der Waals surface area contributed by atoms with E-state index in [0.29, 0.717) is 12.3 Å². The molecule has 0 amide bonds. The SMILES string of the molecule is COc1ccc(CN2CCOc3ccccc3C2)cc1N. The van der Waals surface area contributed by atoms with Crippen molar-refractivity contribution in [3.05, 3.63) is 53.6 Å². The number of benzene rings is 2. The predicted molar refractivity (Wildman–Crippen MR) is 83.5 cm³/mol. The summed E-state index contributed by atoms with van der Waals surface area (Å²) in [5.74, 6) is 1.72. The topological polar surface area (TPSA) is 47.7 Å². The van der Waals surface area contributed by atoms with E-state index in [1.165, 1.54) is 11.1 Å². The molecule has 4 heteroatoms. The molecule has 0 unspecified atom stereocenters. The highest BCUT2D eigenvalue weighted by molar-refractivity contribution is 5.54. The maximum Gasteiger partial charge on any atom is 0.141 e. The molecule has 21 heavy (non-hydrogen) atoms. The van der Waals surface area contributed by atoms with Crippen LogP contribution in [0.25, 0.3) is 0 Å². The second kappa shape index (κ2) is 6.06. The van der Waals surface area contributed by atoms with Crippen LogP contribution in [0.2, 0.25) is 0 Å². The molecule has 0 radical (unpaired) electrons. The highest BCUT2D eigenvalue weighted by Gasteiger charge is 2.15. The van der Waals surface area contributed by atoms with Crippen molar-refractivity contribution in [1.29, 1.82) is 0 Å². The number of nitrogens with two attached hydrogens (primary N) is 1. The molecule has 0 atom stereocenters. The first-order valence-corrected chi connectivity index (χ1v) is 7.12. The van der Waals surface area contributed by atoms with Crippen LogP contribution < -0.4 is 15.2 Å². The summed E-state index contributed by atoms with van der Waals surface area (Å²) in [5, 5.41) is 0. The number of hydrogen-bond donors (Lipinski definition) is 1. The molecule has 2 N–H and O–H groups in total. The fourth-order valence-electron chi connectivity index (χ4n) is 2.66. The Kier molecular flexibility index (Phi) is 3.97. The Labute approximate surface area is 125 Å². The summed E-state index contributed by atoms with van der Waals surface area (Å²) < 4.78 is 11.0. The summed E-state index contributed by atoms with van der Waals surface area (Å²) in [5.41, 5.74) is 9.08. The van der Waals surface area contributed by atoms with E-state index < -0.39 is 0 Å². The molecule has 0 aliphatic carbocycles. The number of nitrogens with zero attached hydrogens (tertiary/aromatic N) is 1. The zero-order valence-electron chi connectivity index (χ0n) is 12.2. The van der Waals surface area contributed by atoms with Crippen LogP contribution >= 0.6 is 0 Å². The van der Waals surface area contributed by atoms with Gasteiger partial charge in [0.2, 0.25) is 0 Å². The lowest BCUT2D eigenvalue weighted by molar-refractivity contribution is 0.219. The lowest BCUT2D eigenvalue weighted by atomic mass is 10.1. The molecule has 4 nitrogen and oxygen atoms in total. The van der Waals surface area contributed by atoms with Gasteiger partial charge in [0.05, 0.1) is 12.8 Å². The van der Waals surface area contributed by atoms with Crippen LogP contribution in [-0.2, 0) is 13.1 Å². The van der Waals surface area contributed by atoms with Gasteiger partial charge in [0.15, 0.2) is 0 Å². The van der Waals surface area contributed by atoms with E-state index in [1.54, 1.807) is 7.11 Å². The fraction of sp³-hybridized carbons (Fsp3) is 0.294. The Hall–Kier alpha value is -2.20. The number of ether oxygens (including phenoxy) is 2. The van der Waals surface area contributed by atoms with Gasteiger partial charge in [-0.05, 0) is 23.8 Å². The smallest absolute Gasteiger partial charge is 0.141 e. The van der Waals surface area contributed by atoms with Gasteiger partial charge in [-0.15, -0.1) is 0 Å². The van der Waals surface area contributed by atoms with Crippen molar-refractivity contribution in [3.63, 3.8) is 0 Å². The molecular weight excluding hydrogens is 264 g/mol. The summed E-state index contributed by atoms with van der Waals surface area (Å²) in [4.78, 5) is 2.37. The maximum absolute atomic E-state index is 5.98. The Morgan fingerprint density at radius 2 is 2.10 bits per heavy atom. The van der Waals surface area contributed by atoms with Gasteiger partial charge >= 0.3 is 0 Å². The van der Waals surface area contributed by atoms with Gasteiger partial charge in [-0.3, -0.25) is 4.90 Å². The minimum atomic E-state index is 0.682. The highest BCUT2D eigenvalue weighted by Crippen LogP contribution is 2.25. The van der Waals surface area contributed by atoms with Gasteiger partial charge in [0.25, 0.3) is 0 Å². The van der Waals surface area contributed by atoms with Gasteiger partial charge in [-0.25, -0.2) is 0 Å². The standard InChI is InChI=1S/C17H20N2O2/c1-20-17-7-6-13(10-15(17)18)11-19-8-9-21-16-5-3-2-4-14(16)12-19/h2-7,10H,8-9,11-12,18H2,1H3. The molecule has 0 saturated carbocycles. The third-order valence-corrected chi connectivity index (χ3v) is 3.73.